The number of carbonyl (C=O) groups is 1. The fourth-order valence-corrected chi connectivity index (χ4v) is 1.76. The molecule has 6 nitrogen and oxygen atoms in total. The van der Waals surface area contributed by atoms with Gasteiger partial charge in [-0.05, 0) is 19.2 Å². The van der Waals surface area contributed by atoms with Crippen molar-refractivity contribution in [2.45, 2.75) is 13.0 Å². The van der Waals surface area contributed by atoms with E-state index in [2.05, 4.69) is 4.74 Å². The third-order valence-electron chi connectivity index (χ3n) is 2.61. The zero-order chi connectivity index (χ0) is 14.4. The molecule has 0 aromatic heterocycles. The van der Waals surface area contributed by atoms with Gasteiger partial charge in [0, 0.05) is 29.7 Å². The van der Waals surface area contributed by atoms with Crippen LogP contribution in [0.25, 0.3) is 0 Å². The standard InChI is InChI=1S/C12H15ClN2O4/c1-14(6-5-12(16)19-2)8-9-3-4-10(13)7-11(9)15(17)18/h3-4,7H,5-6,8H2,1-2H3. The van der Waals surface area contributed by atoms with E-state index in [1.165, 1.54) is 13.2 Å². The first-order valence-electron chi connectivity index (χ1n) is 5.62. The number of nitro groups is 1. The topological polar surface area (TPSA) is 72.7 Å². The number of carbonyl (C=O) groups excluding carboxylic acids is 1. The van der Waals surface area contributed by atoms with Gasteiger partial charge in [0.1, 0.15) is 0 Å². The van der Waals surface area contributed by atoms with Crippen molar-refractivity contribution >= 4 is 23.3 Å². The molecule has 0 saturated carbocycles. The van der Waals surface area contributed by atoms with E-state index in [9.17, 15) is 14.9 Å². The van der Waals surface area contributed by atoms with Gasteiger partial charge in [0.15, 0.2) is 0 Å². The Kier molecular flexibility index (Phi) is 5.72. The minimum Gasteiger partial charge on any atom is -0.469 e. The van der Waals surface area contributed by atoms with Crippen LogP contribution >= 0.6 is 11.6 Å². The molecule has 0 radical (unpaired) electrons. The summed E-state index contributed by atoms with van der Waals surface area (Å²) in [4.78, 5) is 23.3. The van der Waals surface area contributed by atoms with Crippen LogP contribution in [0.2, 0.25) is 5.02 Å². The summed E-state index contributed by atoms with van der Waals surface area (Å²) in [5.41, 5.74) is 0.541. The molecule has 0 N–H and O–H groups in total. The van der Waals surface area contributed by atoms with Gasteiger partial charge in [-0.1, -0.05) is 11.6 Å². The summed E-state index contributed by atoms with van der Waals surface area (Å²) >= 11 is 5.74. The number of rotatable bonds is 6. The quantitative estimate of drug-likeness (QED) is 0.455. The number of hydrogen-bond donors (Lipinski definition) is 0. The Morgan fingerprint density at radius 2 is 2.21 bits per heavy atom. The second kappa shape index (κ2) is 7.06. The molecule has 0 heterocycles. The molecular weight excluding hydrogens is 272 g/mol. The monoisotopic (exact) mass is 286 g/mol. The lowest BCUT2D eigenvalue weighted by atomic mass is 10.1. The first kappa shape index (κ1) is 15.4. The number of ether oxygens (including phenoxy) is 1. The Morgan fingerprint density at radius 1 is 1.53 bits per heavy atom. The highest BCUT2D eigenvalue weighted by Crippen LogP contribution is 2.24. The smallest absolute Gasteiger partial charge is 0.306 e. The number of nitrogens with zero attached hydrogens (tertiary/aromatic N) is 2. The van der Waals surface area contributed by atoms with Crippen LogP contribution in [0.5, 0.6) is 0 Å². The van der Waals surface area contributed by atoms with Crippen LogP contribution in [0.1, 0.15) is 12.0 Å². The highest BCUT2D eigenvalue weighted by Gasteiger charge is 2.16. The minimum absolute atomic E-state index is 0.0163. The number of hydrogen-bond acceptors (Lipinski definition) is 5. The summed E-state index contributed by atoms with van der Waals surface area (Å²) in [7, 11) is 3.10. The largest absolute Gasteiger partial charge is 0.469 e. The zero-order valence-corrected chi connectivity index (χ0v) is 11.5. The molecule has 1 rings (SSSR count). The van der Waals surface area contributed by atoms with E-state index in [-0.39, 0.29) is 18.1 Å². The SMILES string of the molecule is COC(=O)CCN(C)Cc1ccc(Cl)cc1[N+](=O)[O-]. The van der Waals surface area contributed by atoms with Gasteiger partial charge >= 0.3 is 5.97 Å². The van der Waals surface area contributed by atoms with Gasteiger partial charge in [-0.25, -0.2) is 0 Å². The van der Waals surface area contributed by atoms with Crippen molar-refractivity contribution in [3.8, 4) is 0 Å². The molecule has 0 aliphatic carbocycles. The summed E-state index contributed by atoms with van der Waals surface area (Å²) in [5, 5.41) is 11.2. The Hall–Kier alpha value is -1.66. The van der Waals surface area contributed by atoms with E-state index in [1.807, 2.05) is 4.90 Å². The van der Waals surface area contributed by atoms with E-state index < -0.39 is 4.92 Å². The fraction of sp³-hybridized carbons (Fsp3) is 0.417. The molecule has 0 atom stereocenters. The maximum Gasteiger partial charge on any atom is 0.306 e. The van der Waals surface area contributed by atoms with Crippen molar-refractivity contribution in [1.82, 2.24) is 4.90 Å². The molecule has 0 aliphatic heterocycles. The number of halogens is 1. The van der Waals surface area contributed by atoms with Crippen molar-refractivity contribution in [3.63, 3.8) is 0 Å². The van der Waals surface area contributed by atoms with Crippen LogP contribution in [-0.4, -0.2) is 36.5 Å². The van der Waals surface area contributed by atoms with Gasteiger partial charge in [0.05, 0.1) is 18.5 Å². The lowest BCUT2D eigenvalue weighted by Crippen LogP contribution is -2.22. The molecule has 19 heavy (non-hydrogen) atoms. The van der Waals surface area contributed by atoms with Gasteiger partial charge in [-0.2, -0.15) is 0 Å². The van der Waals surface area contributed by atoms with Crippen molar-refractivity contribution in [2.24, 2.45) is 0 Å². The third kappa shape index (κ3) is 4.84. The normalized spacial score (nSPS) is 10.5. The minimum atomic E-state index is -0.463. The molecule has 0 spiro atoms. The third-order valence-corrected chi connectivity index (χ3v) is 2.84. The molecule has 0 aliphatic rings. The maximum absolute atomic E-state index is 11.0. The van der Waals surface area contributed by atoms with Gasteiger partial charge in [0.2, 0.25) is 0 Å². The van der Waals surface area contributed by atoms with E-state index in [0.717, 1.165) is 0 Å². The Labute approximate surface area is 116 Å². The number of methoxy groups -OCH3 is 1. The first-order valence-corrected chi connectivity index (χ1v) is 6.00. The van der Waals surface area contributed by atoms with Crippen molar-refractivity contribution in [1.29, 1.82) is 0 Å². The van der Waals surface area contributed by atoms with Crippen molar-refractivity contribution in [3.05, 3.63) is 38.9 Å². The van der Waals surface area contributed by atoms with E-state index in [1.54, 1.807) is 19.2 Å². The van der Waals surface area contributed by atoms with Crippen LogP contribution < -0.4 is 0 Å². The second-order valence-electron chi connectivity index (χ2n) is 4.09. The molecule has 0 saturated heterocycles. The highest BCUT2D eigenvalue weighted by atomic mass is 35.5. The van der Waals surface area contributed by atoms with Crippen LogP contribution in [0.3, 0.4) is 0 Å². The summed E-state index contributed by atoms with van der Waals surface area (Å²) in [6.45, 7) is 0.830. The first-order chi connectivity index (χ1) is 8.93. The average molecular weight is 287 g/mol. The van der Waals surface area contributed by atoms with E-state index in [0.29, 0.717) is 23.7 Å². The fourth-order valence-electron chi connectivity index (χ4n) is 1.59. The molecule has 7 heteroatoms. The predicted molar refractivity (Wildman–Crippen MR) is 71.1 cm³/mol. The zero-order valence-electron chi connectivity index (χ0n) is 10.8. The van der Waals surface area contributed by atoms with Crippen LogP contribution in [0.15, 0.2) is 18.2 Å². The number of nitro benzene ring substituents is 1. The summed E-state index contributed by atoms with van der Waals surface area (Å²) in [6.07, 6.45) is 0.244. The van der Waals surface area contributed by atoms with Crippen LogP contribution in [0, 0.1) is 10.1 Å². The molecule has 0 fully saturated rings. The van der Waals surface area contributed by atoms with E-state index in [4.69, 9.17) is 11.6 Å². The summed E-state index contributed by atoms with van der Waals surface area (Å²) < 4.78 is 4.54. The van der Waals surface area contributed by atoms with Gasteiger partial charge in [0.25, 0.3) is 5.69 Å². The summed E-state index contributed by atoms with van der Waals surface area (Å²) in [5.74, 6) is -0.308. The van der Waals surface area contributed by atoms with Gasteiger partial charge in [-0.3, -0.25) is 14.9 Å². The number of esters is 1. The van der Waals surface area contributed by atoms with Crippen LogP contribution in [-0.2, 0) is 16.1 Å². The Balaban J connectivity index is 2.71. The average Bonchev–Trinajstić information content (AvgIpc) is 2.37. The highest BCUT2D eigenvalue weighted by molar-refractivity contribution is 6.30. The molecule has 104 valence electrons. The van der Waals surface area contributed by atoms with Gasteiger partial charge < -0.3 is 9.64 Å². The second-order valence-corrected chi connectivity index (χ2v) is 4.53. The lowest BCUT2D eigenvalue weighted by molar-refractivity contribution is -0.385. The van der Waals surface area contributed by atoms with Crippen molar-refractivity contribution in [2.75, 3.05) is 20.7 Å². The summed E-state index contributed by atoms with van der Waals surface area (Å²) in [6, 6.07) is 4.55. The van der Waals surface area contributed by atoms with Gasteiger partial charge in [-0.15, -0.1) is 0 Å². The molecule has 1 aromatic rings. The van der Waals surface area contributed by atoms with Crippen molar-refractivity contribution < 1.29 is 14.5 Å². The predicted octanol–water partition coefficient (Wildman–Crippen LogP) is 2.24. The maximum atomic E-state index is 11.0. The molecule has 0 unspecified atom stereocenters. The molecule has 0 bridgehead atoms. The Morgan fingerprint density at radius 3 is 2.79 bits per heavy atom. The van der Waals surface area contributed by atoms with E-state index >= 15 is 0 Å². The molecular formula is C12H15ClN2O4. The number of benzene rings is 1. The Bertz CT molecular complexity index is 479. The molecule has 1 aromatic carbocycles. The molecule has 0 amide bonds. The van der Waals surface area contributed by atoms with Crippen LogP contribution in [0.4, 0.5) is 5.69 Å². The lowest BCUT2D eigenvalue weighted by Gasteiger charge is -2.15.